The topological polar surface area (TPSA) is 83.7 Å². The number of anilines is 1. The standard InChI is InChI=1S/C19H26N2O4/c1-14(2)19(3,23)13-20-18(22)21-16-7-4-6-15(10-16)11-24-12-17-8-5-9-25-17/h4-10,14,23H,11-13H2,1-3H3,(H2,20,21,22). The highest BCUT2D eigenvalue weighted by Gasteiger charge is 2.25. The summed E-state index contributed by atoms with van der Waals surface area (Å²) in [5, 5.41) is 15.6. The number of rotatable bonds is 8. The minimum atomic E-state index is -0.946. The maximum absolute atomic E-state index is 12.0. The highest BCUT2D eigenvalue weighted by Crippen LogP contribution is 2.15. The highest BCUT2D eigenvalue weighted by atomic mass is 16.5. The first-order chi connectivity index (χ1) is 11.9. The maximum Gasteiger partial charge on any atom is 0.319 e. The second-order valence-corrected chi connectivity index (χ2v) is 6.59. The Kier molecular flexibility index (Phi) is 6.61. The second-order valence-electron chi connectivity index (χ2n) is 6.59. The normalized spacial score (nSPS) is 13.5. The molecule has 0 radical (unpaired) electrons. The molecule has 3 N–H and O–H groups in total. The molecule has 0 aliphatic rings. The zero-order chi connectivity index (χ0) is 18.3. The number of ether oxygens (including phenoxy) is 1. The Balaban J connectivity index is 1.80. The van der Waals surface area contributed by atoms with Gasteiger partial charge in [-0.1, -0.05) is 26.0 Å². The van der Waals surface area contributed by atoms with E-state index in [-0.39, 0.29) is 18.5 Å². The molecule has 25 heavy (non-hydrogen) atoms. The first-order valence-electron chi connectivity index (χ1n) is 8.33. The minimum absolute atomic E-state index is 0.0439. The van der Waals surface area contributed by atoms with Gasteiger partial charge in [0, 0.05) is 12.2 Å². The summed E-state index contributed by atoms with van der Waals surface area (Å²) in [6.07, 6.45) is 1.61. The van der Waals surface area contributed by atoms with Crippen molar-refractivity contribution in [2.75, 3.05) is 11.9 Å². The number of hydrogen-bond donors (Lipinski definition) is 3. The Morgan fingerprint density at radius 2 is 2.08 bits per heavy atom. The van der Waals surface area contributed by atoms with E-state index in [4.69, 9.17) is 9.15 Å². The van der Waals surface area contributed by atoms with Gasteiger partial charge < -0.3 is 24.9 Å². The van der Waals surface area contributed by atoms with E-state index in [1.165, 1.54) is 0 Å². The smallest absolute Gasteiger partial charge is 0.319 e. The summed E-state index contributed by atoms with van der Waals surface area (Å²) in [5.41, 5.74) is 0.665. The number of furan rings is 1. The molecule has 136 valence electrons. The van der Waals surface area contributed by atoms with Gasteiger partial charge in [-0.3, -0.25) is 0 Å². The van der Waals surface area contributed by atoms with Crippen molar-refractivity contribution in [3.63, 3.8) is 0 Å². The molecule has 6 nitrogen and oxygen atoms in total. The first-order valence-corrected chi connectivity index (χ1v) is 8.33. The number of hydrogen-bond acceptors (Lipinski definition) is 4. The zero-order valence-electron chi connectivity index (χ0n) is 14.9. The molecule has 1 heterocycles. The van der Waals surface area contributed by atoms with Gasteiger partial charge in [0.2, 0.25) is 0 Å². The van der Waals surface area contributed by atoms with Gasteiger partial charge in [0.25, 0.3) is 0 Å². The lowest BCUT2D eigenvalue weighted by Crippen LogP contribution is -2.45. The highest BCUT2D eigenvalue weighted by molar-refractivity contribution is 5.89. The Morgan fingerprint density at radius 3 is 2.76 bits per heavy atom. The fourth-order valence-electron chi connectivity index (χ4n) is 2.04. The van der Waals surface area contributed by atoms with E-state index in [9.17, 15) is 9.90 Å². The van der Waals surface area contributed by atoms with Crippen LogP contribution in [0.25, 0.3) is 0 Å². The second kappa shape index (κ2) is 8.69. The number of carbonyl (C=O) groups excluding carboxylic acids is 1. The predicted octanol–water partition coefficient (Wildman–Crippen LogP) is 3.52. The third-order valence-corrected chi connectivity index (χ3v) is 4.13. The van der Waals surface area contributed by atoms with E-state index in [0.29, 0.717) is 18.9 Å². The van der Waals surface area contributed by atoms with Crippen LogP contribution in [0.1, 0.15) is 32.1 Å². The van der Waals surface area contributed by atoms with Crippen molar-refractivity contribution in [3.05, 3.63) is 54.0 Å². The average molecular weight is 346 g/mol. The molecule has 0 saturated heterocycles. The maximum atomic E-state index is 12.0. The fraction of sp³-hybridized carbons (Fsp3) is 0.421. The summed E-state index contributed by atoms with van der Waals surface area (Å²) >= 11 is 0. The van der Waals surface area contributed by atoms with Crippen LogP contribution in [0, 0.1) is 5.92 Å². The summed E-state index contributed by atoms with van der Waals surface area (Å²) in [7, 11) is 0. The number of benzene rings is 1. The number of nitrogens with one attached hydrogen (secondary N) is 2. The Labute approximate surface area is 148 Å². The third-order valence-electron chi connectivity index (χ3n) is 4.13. The SMILES string of the molecule is CC(C)C(C)(O)CNC(=O)Nc1cccc(COCc2ccco2)c1. The van der Waals surface area contributed by atoms with Crippen LogP contribution >= 0.6 is 0 Å². The summed E-state index contributed by atoms with van der Waals surface area (Å²) in [4.78, 5) is 12.0. The summed E-state index contributed by atoms with van der Waals surface area (Å²) in [6.45, 7) is 6.52. The molecule has 0 spiro atoms. The van der Waals surface area contributed by atoms with Crippen LogP contribution < -0.4 is 10.6 Å². The molecule has 6 heteroatoms. The number of amides is 2. The largest absolute Gasteiger partial charge is 0.467 e. The van der Waals surface area contributed by atoms with Gasteiger partial charge in [-0.15, -0.1) is 0 Å². The molecule has 2 aromatic rings. The van der Waals surface area contributed by atoms with Crippen molar-refractivity contribution in [3.8, 4) is 0 Å². The Hall–Kier alpha value is -2.31. The van der Waals surface area contributed by atoms with Crippen LogP contribution in [0.2, 0.25) is 0 Å². The van der Waals surface area contributed by atoms with E-state index < -0.39 is 5.60 Å². The van der Waals surface area contributed by atoms with Crippen molar-refractivity contribution in [2.45, 2.75) is 39.6 Å². The summed E-state index contributed by atoms with van der Waals surface area (Å²) in [6, 6.07) is 10.8. The van der Waals surface area contributed by atoms with Gasteiger partial charge in [0.15, 0.2) is 0 Å². The molecule has 2 rings (SSSR count). The van der Waals surface area contributed by atoms with Gasteiger partial charge in [0.05, 0.1) is 18.5 Å². The van der Waals surface area contributed by atoms with Gasteiger partial charge in [0.1, 0.15) is 12.4 Å². The van der Waals surface area contributed by atoms with Crippen LogP contribution in [0.5, 0.6) is 0 Å². The van der Waals surface area contributed by atoms with E-state index in [1.54, 1.807) is 19.3 Å². The van der Waals surface area contributed by atoms with Crippen molar-refractivity contribution >= 4 is 11.7 Å². The van der Waals surface area contributed by atoms with Crippen molar-refractivity contribution in [1.29, 1.82) is 0 Å². The lowest BCUT2D eigenvalue weighted by Gasteiger charge is -2.27. The van der Waals surface area contributed by atoms with Crippen LogP contribution in [-0.4, -0.2) is 23.3 Å². The van der Waals surface area contributed by atoms with Crippen molar-refractivity contribution in [2.24, 2.45) is 5.92 Å². The van der Waals surface area contributed by atoms with Crippen LogP contribution in [-0.2, 0) is 18.0 Å². The summed E-state index contributed by atoms with van der Waals surface area (Å²) in [5.74, 6) is 0.813. The van der Waals surface area contributed by atoms with E-state index in [0.717, 1.165) is 11.3 Å². The molecule has 1 aromatic carbocycles. The molecule has 0 aliphatic heterocycles. The van der Waals surface area contributed by atoms with Gasteiger partial charge >= 0.3 is 6.03 Å². The van der Waals surface area contributed by atoms with E-state index in [2.05, 4.69) is 10.6 Å². The molecule has 0 saturated carbocycles. The zero-order valence-corrected chi connectivity index (χ0v) is 14.9. The van der Waals surface area contributed by atoms with Crippen LogP contribution in [0.15, 0.2) is 47.1 Å². The molecular formula is C19H26N2O4. The van der Waals surface area contributed by atoms with E-state index in [1.807, 2.05) is 44.2 Å². The van der Waals surface area contributed by atoms with Gasteiger partial charge in [-0.25, -0.2) is 4.79 Å². The molecule has 1 aromatic heterocycles. The fourth-order valence-corrected chi connectivity index (χ4v) is 2.04. The quantitative estimate of drug-likeness (QED) is 0.683. The monoisotopic (exact) mass is 346 g/mol. The molecule has 0 fully saturated rings. The lowest BCUT2D eigenvalue weighted by atomic mass is 9.93. The molecule has 1 atom stereocenters. The van der Waals surface area contributed by atoms with Crippen LogP contribution in [0.3, 0.4) is 0 Å². The average Bonchev–Trinajstić information content (AvgIpc) is 3.07. The number of aliphatic hydroxyl groups is 1. The molecule has 2 amide bonds. The van der Waals surface area contributed by atoms with Crippen LogP contribution in [0.4, 0.5) is 10.5 Å². The minimum Gasteiger partial charge on any atom is -0.467 e. The number of urea groups is 1. The van der Waals surface area contributed by atoms with Crippen molar-refractivity contribution in [1.82, 2.24) is 5.32 Å². The van der Waals surface area contributed by atoms with Gasteiger partial charge in [-0.2, -0.15) is 0 Å². The lowest BCUT2D eigenvalue weighted by molar-refractivity contribution is 0.0170. The molecule has 1 unspecified atom stereocenters. The number of carbonyl (C=O) groups is 1. The summed E-state index contributed by atoms with van der Waals surface area (Å²) < 4.78 is 10.8. The van der Waals surface area contributed by atoms with Gasteiger partial charge in [-0.05, 0) is 42.7 Å². The van der Waals surface area contributed by atoms with E-state index >= 15 is 0 Å². The Morgan fingerprint density at radius 1 is 1.28 bits per heavy atom. The molecular weight excluding hydrogens is 320 g/mol. The predicted molar refractivity (Wildman–Crippen MR) is 96.1 cm³/mol. The Bertz CT molecular complexity index is 666. The molecule has 0 bridgehead atoms. The first kappa shape index (κ1) is 19.0. The molecule has 0 aliphatic carbocycles. The van der Waals surface area contributed by atoms with Crippen molar-refractivity contribution < 1.29 is 19.1 Å². The third kappa shape index (κ3) is 6.25.